The summed E-state index contributed by atoms with van der Waals surface area (Å²) in [5.74, 6) is 1.44. The molecule has 5 heteroatoms. The third-order valence-electron chi connectivity index (χ3n) is 5.48. The van der Waals surface area contributed by atoms with Crippen LogP contribution in [0, 0.1) is 5.82 Å². The molecule has 3 rings (SSSR count). The quantitative estimate of drug-likeness (QED) is 0.349. The molecule has 0 atom stereocenters. The van der Waals surface area contributed by atoms with Gasteiger partial charge in [-0.05, 0) is 87.3 Å². The Kier molecular flexibility index (Phi) is 11.6. The zero-order valence-electron chi connectivity index (χ0n) is 17.9. The Morgan fingerprint density at radius 3 is 2.00 bits per heavy atom. The van der Waals surface area contributed by atoms with Crippen LogP contribution in [0.25, 0.3) is 0 Å². The van der Waals surface area contributed by atoms with Crippen molar-refractivity contribution in [2.75, 3.05) is 26.2 Å². The number of unbranched alkanes of at least 4 members (excludes halogenated alkanes) is 4. The van der Waals surface area contributed by atoms with Gasteiger partial charge in [0.25, 0.3) is 0 Å². The van der Waals surface area contributed by atoms with Gasteiger partial charge in [0.05, 0.1) is 6.61 Å². The standard InChI is InChI=1S/C25H34FNO2.ClH/c26-23-11-9-22(10-12-23)21-29-25-15-13-24(14-16-25)28-20-8-3-1-2-5-17-27-18-6-4-7-19-27;/h9-16H,1-8,17-21H2;1H. The average Bonchev–Trinajstić information content (AvgIpc) is 2.77. The summed E-state index contributed by atoms with van der Waals surface area (Å²) in [5, 5.41) is 0. The maximum atomic E-state index is 12.9. The first-order valence-electron chi connectivity index (χ1n) is 11.1. The maximum Gasteiger partial charge on any atom is 0.123 e. The summed E-state index contributed by atoms with van der Waals surface area (Å²) in [4.78, 5) is 2.62. The molecule has 1 heterocycles. The van der Waals surface area contributed by atoms with E-state index in [1.165, 1.54) is 76.7 Å². The molecule has 2 aromatic rings. The van der Waals surface area contributed by atoms with Gasteiger partial charge >= 0.3 is 0 Å². The van der Waals surface area contributed by atoms with E-state index in [2.05, 4.69) is 4.90 Å². The molecule has 3 nitrogen and oxygen atoms in total. The molecule has 1 aliphatic rings. The molecule has 0 radical (unpaired) electrons. The number of benzene rings is 2. The molecule has 0 N–H and O–H groups in total. The number of hydrogen-bond donors (Lipinski definition) is 0. The zero-order chi connectivity index (χ0) is 20.2. The summed E-state index contributed by atoms with van der Waals surface area (Å²) in [6, 6.07) is 14.1. The number of halogens is 2. The Bertz CT molecular complexity index is 687. The number of hydrogen-bond acceptors (Lipinski definition) is 3. The van der Waals surface area contributed by atoms with Gasteiger partial charge in [-0.3, -0.25) is 0 Å². The highest BCUT2D eigenvalue weighted by Crippen LogP contribution is 2.19. The summed E-state index contributed by atoms with van der Waals surface area (Å²) in [6.07, 6.45) is 10.5. The minimum Gasteiger partial charge on any atom is -0.494 e. The third-order valence-corrected chi connectivity index (χ3v) is 5.48. The first-order chi connectivity index (χ1) is 14.3. The largest absolute Gasteiger partial charge is 0.494 e. The van der Waals surface area contributed by atoms with Gasteiger partial charge in [0.2, 0.25) is 0 Å². The fourth-order valence-corrected chi connectivity index (χ4v) is 3.72. The van der Waals surface area contributed by atoms with Crippen LogP contribution in [0.5, 0.6) is 11.5 Å². The second kappa shape index (κ2) is 14.3. The monoisotopic (exact) mass is 435 g/mol. The molecule has 2 aromatic carbocycles. The second-order valence-corrected chi connectivity index (χ2v) is 7.91. The smallest absolute Gasteiger partial charge is 0.123 e. The fraction of sp³-hybridized carbons (Fsp3) is 0.520. The van der Waals surface area contributed by atoms with Crippen LogP contribution in [0.2, 0.25) is 0 Å². The van der Waals surface area contributed by atoms with Gasteiger partial charge in [0.15, 0.2) is 0 Å². The molecule has 0 aromatic heterocycles. The lowest BCUT2D eigenvalue weighted by atomic mass is 10.1. The van der Waals surface area contributed by atoms with Crippen molar-refractivity contribution < 1.29 is 13.9 Å². The van der Waals surface area contributed by atoms with Crippen LogP contribution in [0.3, 0.4) is 0 Å². The summed E-state index contributed by atoms with van der Waals surface area (Å²) in [7, 11) is 0. The van der Waals surface area contributed by atoms with Crippen molar-refractivity contribution >= 4 is 12.4 Å². The van der Waals surface area contributed by atoms with Crippen LogP contribution in [0.4, 0.5) is 4.39 Å². The van der Waals surface area contributed by atoms with Gasteiger partial charge in [-0.1, -0.05) is 37.8 Å². The highest BCUT2D eigenvalue weighted by molar-refractivity contribution is 5.85. The average molecular weight is 436 g/mol. The first-order valence-corrected chi connectivity index (χ1v) is 11.1. The molecule has 0 unspecified atom stereocenters. The Balaban J connectivity index is 0.00000320. The van der Waals surface area contributed by atoms with E-state index in [9.17, 15) is 4.39 Å². The maximum absolute atomic E-state index is 12.9. The predicted molar refractivity (Wildman–Crippen MR) is 123 cm³/mol. The van der Waals surface area contributed by atoms with Crippen LogP contribution in [0.15, 0.2) is 48.5 Å². The van der Waals surface area contributed by atoms with Gasteiger partial charge in [-0.25, -0.2) is 4.39 Å². The normalized spacial score (nSPS) is 14.2. The predicted octanol–water partition coefficient (Wildman–Crippen LogP) is 6.64. The summed E-state index contributed by atoms with van der Waals surface area (Å²) < 4.78 is 24.5. The van der Waals surface area contributed by atoms with Gasteiger partial charge in [0, 0.05) is 0 Å². The first kappa shape index (κ1) is 24.5. The van der Waals surface area contributed by atoms with Crippen molar-refractivity contribution in [3.8, 4) is 11.5 Å². The Hall–Kier alpha value is -1.78. The lowest BCUT2D eigenvalue weighted by molar-refractivity contribution is 0.223. The van der Waals surface area contributed by atoms with E-state index in [4.69, 9.17) is 9.47 Å². The minimum atomic E-state index is -0.229. The highest BCUT2D eigenvalue weighted by Gasteiger charge is 2.08. The van der Waals surface area contributed by atoms with E-state index in [1.54, 1.807) is 12.1 Å². The van der Waals surface area contributed by atoms with Gasteiger partial charge < -0.3 is 14.4 Å². The number of likely N-dealkylation sites (tertiary alicyclic amines) is 1. The highest BCUT2D eigenvalue weighted by atomic mass is 35.5. The Morgan fingerprint density at radius 1 is 0.700 bits per heavy atom. The molecule has 0 saturated carbocycles. The van der Waals surface area contributed by atoms with Crippen LogP contribution in [0.1, 0.15) is 56.9 Å². The molecular weight excluding hydrogens is 401 g/mol. The lowest BCUT2D eigenvalue weighted by Crippen LogP contribution is -2.30. The van der Waals surface area contributed by atoms with E-state index in [-0.39, 0.29) is 18.2 Å². The van der Waals surface area contributed by atoms with Crippen LogP contribution in [-0.4, -0.2) is 31.1 Å². The van der Waals surface area contributed by atoms with E-state index < -0.39 is 0 Å². The third kappa shape index (κ3) is 9.36. The van der Waals surface area contributed by atoms with Crippen LogP contribution in [-0.2, 0) is 6.61 Å². The molecule has 0 spiro atoms. The van der Waals surface area contributed by atoms with Crippen LogP contribution >= 0.6 is 12.4 Å². The van der Waals surface area contributed by atoms with Crippen molar-refractivity contribution in [1.82, 2.24) is 4.90 Å². The topological polar surface area (TPSA) is 21.7 Å². The van der Waals surface area contributed by atoms with Crippen molar-refractivity contribution in [1.29, 1.82) is 0 Å². The van der Waals surface area contributed by atoms with Crippen molar-refractivity contribution in [3.63, 3.8) is 0 Å². The summed E-state index contributed by atoms with van der Waals surface area (Å²) in [5.41, 5.74) is 0.947. The molecule has 0 amide bonds. The molecule has 1 aliphatic heterocycles. The molecular formula is C25H35ClFNO2. The van der Waals surface area contributed by atoms with Crippen molar-refractivity contribution in [3.05, 3.63) is 59.9 Å². The fourth-order valence-electron chi connectivity index (χ4n) is 3.72. The molecule has 166 valence electrons. The molecule has 1 fully saturated rings. The summed E-state index contributed by atoms with van der Waals surface area (Å²) in [6.45, 7) is 5.10. The Labute approximate surface area is 187 Å². The van der Waals surface area contributed by atoms with Gasteiger partial charge in [0.1, 0.15) is 23.9 Å². The van der Waals surface area contributed by atoms with Gasteiger partial charge in [-0.15, -0.1) is 12.4 Å². The minimum absolute atomic E-state index is 0. The number of piperidine rings is 1. The van der Waals surface area contributed by atoms with E-state index in [0.29, 0.717) is 6.61 Å². The van der Waals surface area contributed by atoms with Crippen LogP contribution < -0.4 is 9.47 Å². The molecule has 30 heavy (non-hydrogen) atoms. The van der Waals surface area contributed by atoms with Gasteiger partial charge in [-0.2, -0.15) is 0 Å². The van der Waals surface area contributed by atoms with E-state index in [1.807, 2.05) is 24.3 Å². The Morgan fingerprint density at radius 2 is 1.30 bits per heavy atom. The molecule has 0 bridgehead atoms. The van der Waals surface area contributed by atoms with E-state index >= 15 is 0 Å². The summed E-state index contributed by atoms with van der Waals surface area (Å²) >= 11 is 0. The lowest BCUT2D eigenvalue weighted by Gasteiger charge is -2.26. The second-order valence-electron chi connectivity index (χ2n) is 7.91. The SMILES string of the molecule is Cl.Fc1ccc(COc2ccc(OCCCCCCCN3CCCCC3)cc2)cc1. The zero-order valence-corrected chi connectivity index (χ0v) is 18.7. The number of nitrogens with zero attached hydrogens (tertiary/aromatic N) is 1. The van der Waals surface area contributed by atoms with E-state index in [0.717, 1.165) is 30.1 Å². The molecule has 1 saturated heterocycles. The molecule has 0 aliphatic carbocycles. The number of rotatable bonds is 12. The van der Waals surface area contributed by atoms with Crippen molar-refractivity contribution in [2.45, 2.75) is 58.0 Å². The number of ether oxygens (including phenoxy) is 2. The van der Waals surface area contributed by atoms with Crippen molar-refractivity contribution in [2.24, 2.45) is 0 Å².